The Bertz CT molecular complexity index is 894. The first-order valence-electron chi connectivity index (χ1n) is 8.89. The van der Waals surface area contributed by atoms with Crippen LogP contribution in [-0.4, -0.2) is 44.8 Å². The highest BCUT2D eigenvalue weighted by molar-refractivity contribution is 7.98. The number of rotatable bonds is 5. The van der Waals surface area contributed by atoms with E-state index in [-0.39, 0.29) is 11.7 Å². The lowest BCUT2D eigenvalue weighted by molar-refractivity contribution is 0.0785. The zero-order chi connectivity index (χ0) is 19.4. The van der Waals surface area contributed by atoms with Crippen LogP contribution >= 0.6 is 11.8 Å². The van der Waals surface area contributed by atoms with Gasteiger partial charge in [0.2, 0.25) is 10.0 Å². The topological polar surface area (TPSA) is 57.7 Å². The second kappa shape index (κ2) is 8.35. The molecule has 1 amide bonds. The largest absolute Gasteiger partial charge is 0.337 e. The quantitative estimate of drug-likeness (QED) is 0.715. The van der Waals surface area contributed by atoms with Crippen molar-refractivity contribution in [2.24, 2.45) is 0 Å². The minimum absolute atomic E-state index is 0.0861. The number of benzene rings is 2. The summed E-state index contributed by atoms with van der Waals surface area (Å²) in [6.45, 7) is 1.03. The monoisotopic (exact) mass is 404 g/mol. The Morgan fingerprint density at radius 2 is 1.74 bits per heavy atom. The average Bonchev–Trinajstić information content (AvgIpc) is 2.68. The van der Waals surface area contributed by atoms with Crippen LogP contribution in [-0.2, 0) is 16.6 Å². The van der Waals surface area contributed by atoms with Gasteiger partial charge in [-0.05, 0) is 61.1 Å². The Labute approximate surface area is 165 Å². The van der Waals surface area contributed by atoms with E-state index >= 15 is 0 Å². The fourth-order valence-electron chi connectivity index (χ4n) is 3.15. The molecule has 2 aromatic carbocycles. The SMILES string of the molecule is CSc1ccc(CN(C)C(=O)c2ccc(N3CCCCS3(=O)=O)cc2)cc1. The molecule has 0 N–H and O–H groups in total. The Morgan fingerprint density at radius 3 is 2.33 bits per heavy atom. The molecule has 0 aliphatic carbocycles. The van der Waals surface area contributed by atoms with Gasteiger partial charge in [-0.2, -0.15) is 0 Å². The third kappa shape index (κ3) is 4.65. The summed E-state index contributed by atoms with van der Waals surface area (Å²) in [7, 11) is -1.46. The zero-order valence-corrected chi connectivity index (χ0v) is 17.2. The van der Waals surface area contributed by atoms with Crippen LogP contribution in [0.25, 0.3) is 0 Å². The number of thioether (sulfide) groups is 1. The summed E-state index contributed by atoms with van der Waals surface area (Å²) >= 11 is 1.69. The van der Waals surface area contributed by atoms with Crippen LogP contribution in [0.3, 0.4) is 0 Å². The lowest BCUT2D eigenvalue weighted by Gasteiger charge is -2.28. The number of carbonyl (C=O) groups is 1. The van der Waals surface area contributed by atoms with Gasteiger partial charge in [0.1, 0.15) is 0 Å². The van der Waals surface area contributed by atoms with E-state index in [0.29, 0.717) is 30.8 Å². The smallest absolute Gasteiger partial charge is 0.253 e. The summed E-state index contributed by atoms with van der Waals surface area (Å²) in [6.07, 6.45) is 3.60. The molecule has 27 heavy (non-hydrogen) atoms. The molecule has 3 rings (SSSR count). The summed E-state index contributed by atoms with van der Waals surface area (Å²) in [5.41, 5.74) is 2.25. The summed E-state index contributed by atoms with van der Waals surface area (Å²) in [5, 5.41) is 0. The van der Waals surface area contributed by atoms with E-state index in [1.807, 2.05) is 30.5 Å². The van der Waals surface area contributed by atoms with Crippen molar-refractivity contribution in [3.05, 3.63) is 59.7 Å². The van der Waals surface area contributed by atoms with Crippen LogP contribution in [0.5, 0.6) is 0 Å². The summed E-state index contributed by atoms with van der Waals surface area (Å²) < 4.78 is 25.9. The highest BCUT2D eigenvalue weighted by atomic mass is 32.2. The van der Waals surface area contributed by atoms with Crippen LogP contribution in [0.15, 0.2) is 53.4 Å². The van der Waals surface area contributed by atoms with E-state index in [4.69, 9.17) is 0 Å². The molecule has 0 saturated carbocycles. The number of anilines is 1. The highest BCUT2D eigenvalue weighted by Gasteiger charge is 2.26. The van der Waals surface area contributed by atoms with E-state index in [2.05, 4.69) is 0 Å². The van der Waals surface area contributed by atoms with E-state index in [0.717, 1.165) is 12.0 Å². The summed E-state index contributed by atoms with van der Waals surface area (Å²) in [4.78, 5) is 15.5. The Balaban J connectivity index is 1.69. The first kappa shape index (κ1) is 19.8. The van der Waals surface area contributed by atoms with Gasteiger partial charge in [0.05, 0.1) is 11.4 Å². The molecule has 5 nitrogen and oxygen atoms in total. The molecule has 7 heteroatoms. The molecule has 0 spiro atoms. The van der Waals surface area contributed by atoms with Crippen LogP contribution < -0.4 is 4.31 Å². The van der Waals surface area contributed by atoms with Gasteiger partial charge in [-0.3, -0.25) is 9.10 Å². The Morgan fingerprint density at radius 1 is 1.07 bits per heavy atom. The molecule has 1 aliphatic rings. The van der Waals surface area contributed by atoms with Crippen molar-refractivity contribution in [1.82, 2.24) is 4.90 Å². The van der Waals surface area contributed by atoms with E-state index < -0.39 is 10.0 Å². The predicted octanol–water partition coefficient (Wildman–Crippen LogP) is 3.61. The second-order valence-corrected chi connectivity index (χ2v) is 9.54. The number of sulfonamides is 1. The highest BCUT2D eigenvalue weighted by Crippen LogP contribution is 2.24. The van der Waals surface area contributed by atoms with Crippen LogP contribution in [0.4, 0.5) is 5.69 Å². The van der Waals surface area contributed by atoms with E-state index in [1.54, 1.807) is 48.0 Å². The van der Waals surface area contributed by atoms with Crippen LogP contribution in [0, 0.1) is 0 Å². The van der Waals surface area contributed by atoms with Crippen molar-refractivity contribution in [2.75, 3.05) is 29.9 Å². The van der Waals surface area contributed by atoms with Crippen molar-refractivity contribution < 1.29 is 13.2 Å². The number of amides is 1. The minimum Gasteiger partial charge on any atom is -0.337 e. The molecule has 1 heterocycles. The molecule has 0 bridgehead atoms. The van der Waals surface area contributed by atoms with Crippen molar-refractivity contribution >= 4 is 33.4 Å². The third-order valence-electron chi connectivity index (χ3n) is 4.68. The van der Waals surface area contributed by atoms with Gasteiger partial charge in [0.15, 0.2) is 0 Å². The normalized spacial score (nSPS) is 16.1. The lowest BCUT2D eigenvalue weighted by Crippen LogP contribution is -2.37. The first-order valence-corrected chi connectivity index (χ1v) is 11.7. The maximum Gasteiger partial charge on any atom is 0.253 e. The van der Waals surface area contributed by atoms with Crippen LogP contribution in [0.2, 0.25) is 0 Å². The van der Waals surface area contributed by atoms with E-state index in [1.165, 1.54) is 9.20 Å². The maximum atomic E-state index is 12.7. The molecule has 144 valence electrons. The predicted molar refractivity (Wildman–Crippen MR) is 111 cm³/mol. The molecule has 0 aromatic heterocycles. The second-order valence-electron chi connectivity index (χ2n) is 6.65. The standard InChI is InChI=1S/C20H24N2O3S2/c1-21(15-16-5-11-19(26-2)12-6-16)20(23)17-7-9-18(10-8-17)22-13-3-4-14-27(22,24)25/h5-12H,3-4,13-15H2,1-2H3. The molecule has 1 aliphatic heterocycles. The van der Waals surface area contributed by atoms with Gasteiger partial charge in [0, 0.05) is 30.6 Å². The number of hydrogen-bond donors (Lipinski definition) is 0. The van der Waals surface area contributed by atoms with Gasteiger partial charge in [-0.1, -0.05) is 12.1 Å². The maximum absolute atomic E-state index is 12.7. The van der Waals surface area contributed by atoms with E-state index in [9.17, 15) is 13.2 Å². The number of hydrogen-bond acceptors (Lipinski definition) is 4. The molecule has 1 saturated heterocycles. The minimum atomic E-state index is -3.24. The van der Waals surface area contributed by atoms with Gasteiger partial charge in [-0.25, -0.2) is 8.42 Å². The molecule has 0 unspecified atom stereocenters. The molecule has 0 radical (unpaired) electrons. The first-order chi connectivity index (χ1) is 12.9. The molecular weight excluding hydrogens is 380 g/mol. The van der Waals surface area contributed by atoms with Crippen molar-refractivity contribution in [3.8, 4) is 0 Å². The van der Waals surface area contributed by atoms with Gasteiger partial charge >= 0.3 is 0 Å². The van der Waals surface area contributed by atoms with Crippen molar-refractivity contribution in [2.45, 2.75) is 24.3 Å². The van der Waals surface area contributed by atoms with Crippen LogP contribution in [0.1, 0.15) is 28.8 Å². The number of nitrogens with zero attached hydrogens (tertiary/aromatic N) is 2. The third-order valence-corrected chi connectivity index (χ3v) is 7.29. The van der Waals surface area contributed by atoms with Gasteiger partial charge < -0.3 is 4.90 Å². The molecule has 0 atom stereocenters. The fourth-order valence-corrected chi connectivity index (χ4v) is 5.19. The fraction of sp³-hybridized carbons (Fsp3) is 0.350. The molecule has 1 fully saturated rings. The molecular formula is C20H24N2O3S2. The molecule has 2 aromatic rings. The van der Waals surface area contributed by atoms with Crippen molar-refractivity contribution in [3.63, 3.8) is 0 Å². The van der Waals surface area contributed by atoms with Gasteiger partial charge in [-0.15, -0.1) is 11.8 Å². The zero-order valence-electron chi connectivity index (χ0n) is 15.6. The Hall–Kier alpha value is -1.99. The average molecular weight is 405 g/mol. The van der Waals surface area contributed by atoms with Crippen molar-refractivity contribution in [1.29, 1.82) is 0 Å². The van der Waals surface area contributed by atoms with Gasteiger partial charge in [0.25, 0.3) is 5.91 Å². The summed E-state index contributed by atoms with van der Waals surface area (Å²) in [6, 6.07) is 15.0. The lowest BCUT2D eigenvalue weighted by atomic mass is 10.1. The number of carbonyl (C=O) groups excluding carboxylic acids is 1. The Kier molecular flexibility index (Phi) is 6.11. The summed E-state index contributed by atoms with van der Waals surface area (Å²) in [5.74, 6) is 0.100.